The Hall–Kier alpha value is -0.830. The van der Waals surface area contributed by atoms with E-state index in [-0.39, 0.29) is 5.92 Å². The lowest BCUT2D eigenvalue weighted by Crippen LogP contribution is -2.11. The molecule has 0 saturated heterocycles. The average Bonchev–Trinajstić information content (AvgIpc) is 2.50. The predicted octanol–water partition coefficient (Wildman–Crippen LogP) is 3.17. The molecule has 2 rings (SSSR count). The van der Waals surface area contributed by atoms with Crippen LogP contribution in [0.5, 0.6) is 0 Å². The molecule has 1 saturated carbocycles. The number of rotatable bonds is 2. The number of nitrogens with zero attached hydrogens (tertiary/aromatic N) is 2. The monoisotopic (exact) mass is 240 g/mol. The number of hydrogen-bond donors (Lipinski definition) is 0. The van der Waals surface area contributed by atoms with E-state index < -0.39 is 0 Å². The van der Waals surface area contributed by atoms with Gasteiger partial charge < -0.3 is 0 Å². The van der Waals surface area contributed by atoms with E-state index in [9.17, 15) is 4.79 Å². The summed E-state index contributed by atoms with van der Waals surface area (Å²) < 4.78 is 1.92. The van der Waals surface area contributed by atoms with E-state index in [0.717, 1.165) is 37.9 Å². The molecular formula is C12H17ClN2O. The lowest BCUT2D eigenvalue weighted by Gasteiger charge is -2.15. The predicted molar refractivity (Wildman–Crippen MR) is 63.7 cm³/mol. The molecule has 16 heavy (non-hydrogen) atoms. The summed E-state index contributed by atoms with van der Waals surface area (Å²) in [5.74, 6) is 0.632. The third-order valence-corrected chi connectivity index (χ3v) is 3.54. The van der Waals surface area contributed by atoms with Crippen molar-refractivity contribution in [1.82, 2.24) is 9.78 Å². The van der Waals surface area contributed by atoms with Gasteiger partial charge in [-0.1, -0.05) is 18.0 Å². The highest BCUT2D eigenvalue weighted by atomic mass is 35.5. The van der Waals surface area contributed by atoms with E-state index in [2.05, 4.69) is 5.10 Å². The lowest BCUT2D eigenvalue weighted by atomic mass is 9.96. The quantitative estimate of drug-likeness (QED) is 0.745. The number of hydrogen-bond acceptors (Lipinski definition) is 2. The van der Waals surface area contributed by atoms with Crippen molar-refractivity contribution in [2.75, 3.05) is 0 Å². The Bertz CT molecular complexity index is 386. The summed E-state index contributed by atoms with van der Waals surface area (Å²) in [6.07, 6.45) is 6.24. The highest BCUT2D eigenvalue weighted by Crippen LogP contribution is 2.34. The van der Waals surface area contributed by atoms with Crippen molar-refractivity contribution in [1.29, 1.82) is 0 Å². The Balaban J connectivity index is 2.27. The molecule has 4 heteroatoms. The molecule has 0 bridgehead atoms. The minimum Gasteiger partial charge on any atom is -0.300 e. The van der Waals surface area contributed by atoms with Crippen LogP contribution in [0.4, 0.5) is 0 Å². The minimum absolute atomic E-state index is 0.268. The number of carbonyl (C=O) groups is 1. The van der Waals surface area contributed by atoms with Crippen LogP contribution in [-0.4, -0.2) is 15.6 Å². The molecule has 0 aliphatic heterocycles. The first-order chi connectivity index (χ1) is 7.72. The second-order valence-corrected chi connectivity index (χ2v) is 4.79. The normalized spacial score (nSPS) is 22.1. The topological polar surface area (TPSA) is 34.9 Å². The average molecular weight is 241 g/mol. The molecule has 1 heterocycles. The van der Waals surface area contributed by atoms with Gasteiger partial charge in [0.05, 0.1) is 16.9 Å². The Morgan fingerprint density at radius 3 is 3.12 bits per heavy atom. The Morgan fingerprint density at radius 2 is 2.38 bits per heavy atom. The van der Waals surface area contributed by atoms with Crippen LogP contribution in [0, 0.1) is 0 Å². The van der Waals surface area contributed by atoms with Crippen molar-refractivity contribution in [3.8, 4) is 0 Å². The second kappa shape index (κ2) is 5.00. The van der Waals surface area contributed by atoms with Crippen LogP contribution >= 0.6 is 11.6 Å². The number of carbonyl (C=O) groups excluding carboxylic acids is 1. The molecular weight excluding hydrogens is 224 g/mol. The van der Waals surface area contributed by atoms with Crippen LogP contribution in [0.3, 0.4) is 0 Å². The van der Waals surface area contributed by atoms with Crippen LogP contribution in [0.15, 0.2) is 6.20 Å². The molecule has 0 aromatic carbocycles. The molecule has 1 aromatic heterocycles. The molecule has 3 nitrogen and oxygen atoms in total. The maximum atomic E-state index is 11.6. The fraction of sp³-hybridized carbons (Fsp3) is 0.667. The van der Waals surface area contributed by atoms with Crippen LogP contribution in [0.1, 0.15) is 50.6 Å². The molecule has 88 valence electrons. The maximum absolute atomic E-state index is 11.6. The van der Waals surface area contributed by atoms with Gasteiger partial charge in [-0.05, 0) is 19.8 Å². The third-order valence-electron chi connectivity index (χ3n) is 3.25. The molecule has 1 aromatic rings. The molecule has 1 atom stereocenters. The SMILES string of the molecule is CCn1ncc(Cl)c1C1CCCCC(=O)C1. The number of aromatic nitrogens is 2. The molecule has 1 aliphatic carbocycles. The van der Waals surface area contributed by atoms with Gasteiger partial charge in [0.15, 0.2) is 0 Å². The Morgan fingerprint density at radius 1 is 1.56 bits per heavy atom. The summed E-state index contributed by atoms with van der Waals surface area (Å²) in [6, 6.07) is 0. The fourth-order valence-electron chi connectivity index (χ4n) is 2.45. The zero-order valence-electron chi connectivity index (χ0n) is 9.58. The Labute approximate surface area is 101 Å². The molecule has 0 radical (unpaired) electrons. The van der Waals surface area contributed by atoms with Gasteiger partial charge in [0.2, 0.25) is 0 Å². The Kier molecular flexibility index (Phi) is 3.64. The highest BCUT2D eigenvalue weighted by Gasteiger charge is 2.24. The van der Waals surface area contributed by atoms with Gasteiger partial charge in [0.25, 0.3) is 0 Å². The zero-order chi connectivity index (χ0) is 11.5. The summed E-state index contributed by atoms with van der Waals surface area (Å²) in [4.78, 5) is 11.6. The summed E-state index contributed by atoms with van der Waals surface area (Å²) in [5.41, 5.74) is 1.06. The van der Waals surface area contributed by atoms with E-state index in [1.807, 2.05) is 11.6 Å². The highest BCUT2D eigenvalue weighted by molar-refractivity contribution is 6.31. The maximum Gasteiger partial charge on any atom is 0.133 e. The van der Waals surface area contributed by atoms with Crippen LogP contribution in [0.25, 0.3) is 0 Å². The number of Topliss-reactive ketones (excluding diaryl/α,β-unsaturated/α-hetero) is 1. The largest absolute Gasteiger partial charge is 0.300 e. The van der Waals surface area contributed by atoms with Gasteiger partial charge in [0, 0.05) is 25.3 Å². The fourth-order valence-corrected chi connectivity index (χ4v) is 2.75. The van der Waals surface area contributed by atoms with Crippen molar-refractivity contribution >= 4 is 17.4 Å². The second-order valence-electron chi connectivity index (χ2n) is 4.38. The van der Waals surface area contributed by atoms with Crippen molar-refractivity contribution in [3.05, 3.63) is 16.9 Å². The van der Waals surface area contributed by atoms with E-state index >= 15 is 0 Å². The molecule has 1 unspecified atom stereocenters. The first kappa shape index (κ1) is 11.6. The zero-order valence-corrected chi connectivity index (χ0v) is 10.3. The smallest absolute Gasteiger partial charge is 0.133 e. The van der Waals surface area contributed by atoms with Crippen molar-refractivity contribution in [2.24, 2.45) is 0 Å². The van der Waals surface area contributed by atoms with Gasteiger partial charge in [-0.3, -0.25) is 9.48 Å². The van der Waals surface area contributed by atoms with Gasteiger partial charge in [-0.15, -0.1) is 0 Å². The third kappa shape index (κ3) is 2.29. The molecule has 1 aliphatic rings. The molecule has 1 fully saturated rings. The summed E-state index contributed by atoms with van der Waals surface area (Å²) in [6.45, 7) is 2.86. The first-order valence-electron chi connectivity index (χ1n) is 5.95. The van der Waals surface area contributed by atoms with Gasteiger partial charge >= 0.3 is 0 Å². The van der Waals surface area contributed by atoms with Crippen molar-refractivity contribution < 1.29 is 4.79 Å². The van der Waals surface area contributed by atoms with Gasteiger partial charge in [0.1, 0.15) is 5.78 Å². The standard InChI is InChI=1S/C12H17ClN2O/c1-2-15-12(11(13)8-14-15)9-5-3-4-6-10(16)7-9/h8-9H,2-7H2,1H3. The van der Waals surface area contributed by atoms with Crippen LogP contribution < -0.4 is 0 Å². The van der Waals surface area contributed by atoms with E-state index in [4.69, 9.17) is 11.6 Å². The number of halogens is 1. The number of aryl methyl sites for hydroxylation is 1. The molecule has 0 spiro atoms. The molecule has 0 amide bonds. The van der Waals surface area contributed by atoms with E-state index in [1.54, 1.807) is 6.20 Å². The van der Waals surface area contributed by atoms with Crippen molar-refractivity contribution in [3.63, 3.8) is 0 Å². The summed E-state index contributed by atoms with van der Waals surface area (Å²) in [5, 5.41) is 4.95. The number of ketones is 1. The lowest BCUT2D eigenvalue weighted by molar-refractivity contribution is -0.119. The summed E-state index contributed by atoms with van der Waals surface area (Å²) >= 11 is 6.16. The summed E-state index contributed by atoms with van der Waals surface area (Å²) in [7, 11) is 0. The van der Waals surface area contributed by atoms with Gasteiger partial charge in [-0.2, -0.15) is 5.10 Å². The minimum atomic E-state index is 0.268. The van der Waals surface area contributed by atoms with E-state index in [0.29, 0.717) is 17.2 Å². The molecule has 0 N–H and O–H groups in total. The van der Waals surface area contributed by atoms with Crippen LogP contribution in [0.2, 0.25) is 5.02 Å². The first-order valence-corrected chi connectivity index (χ1v) is 6.33. The van der Waals surface area contributed by atoms with Gasteiger partial charge in [-0.25, -0.2) is 0 Å². The van der Waals surface area contributed by atoms with Crippen molar-refractivity contribution in [2.45, 2.75) is 51.5 Å². The van der Waals surface area contributed by atoms with E-state index in [1.165, 1.54) is 0 Å². The van der Waals surface area contributed by atoms with Crippen LogP contribution in [-0.2, 0) is 11.3 Å².